The maximum Gasteiger partial charge on any atom is 0.291 e. The van der Waals surface area contributed by atoms with Crippen molar-refractivity contribution in [1.29, 1.82) is 0 Å². The Morgan fingerprint density at radius 3 is 2.21 bits per heavy atom. The average Bonchev–Trinajstić information content (AvgIpc) is 3.47. The van der Waals surface area contributed by atoms with E-state index < -0.39 is 6.04 Å². The van der Waals surface area contributed by atoms with Gasteiger partial charge in [0.05, 0.1) is 6.26 Å². The van der Waals surface area contributed by atoms with Crippen LogP contribution in [0.3, 0.4) is 0 Å². The summed E-state index contributed by atoms with van der Waals surface area (Å²) in [5.41, 5.74) is 2.39. The molecule has 1 unspecified atom stereocenters. The molecular weight excluding hydrogens is 366 g/mol. The molecule has 2 amide bonds. The van der Waals surface area contributed by atoms with Gasteiger partial charge in [0.25, 0.3) is 5.91 Å². The highest BCUT2D eigenvalue weighted by Gasteiger charge is 2.27. The molecule has 2 N–H and O–H groups in total. The lowest BCUT2D eigenvalue weighted by atomic mass is 10.0. The third kappa shape index (κ3) is 4.48. The lowest BCUT2D eigenvalue weighted by Gasteiger charge is -2.25. The molecule has 0 radical (unpaired) electrons. The lowest BCUT2D eigenvalue weighted by Crippen LogP contribution is -2.36. The second-order valence-electron chi connectivity index (χ2n) is 7.03. The standard InChI is InChI=1S/C23H23N3O3/c27-22(20-9-6-16-29-20)25-19-12-10-18(11-13-19)24-21(17-7-2-1-3-8-17)23(28)26-14-4-5-15-26/h1-3,6-13,16,21,24H,4-5,14-15H2,(H,25,27). The number of carbonyl (C=O) groups excluding carboxylic acids is 2. The van der Waals surface area contributed by atoms with Crippen LogP contribution in [0.1, 0.15) is 35.0 Å². The fourth-order valence-electron chi connectivity index (χ4n) is 3.47. The zero-order chi connectivity index (χ0) is 20.1. The van der Waals surface area contributed by atoms with Gasteiger partial charge in [-0.3, -0.25) is 9.59 Å². The van der Waals surface area contributed by atoms with Gasteiger partial charge in [-0.2, -0.15) is 0 Å². The summed E-state index contributed by atoms with van der Waals surface area (Å²) >= 11 is 0. The summed E-state index contributed by atoms with van der Waals surface area (Å²) in [6.45, 7) is 1.61. The van der Waals surface area contributed by atoms with Crippen LogP contribution in [0.25, 0.3) is 0 Å². The molecule has 1 aliphatic rings. The Morgan fingerprint density at radius 1 is 0.862 bits per heavy atom. The largest absolute Gasteiger partial charge is 0.459 e. The SMILES string of the molecule is O=C(Nc1ccc(NC(C(=O)N2CCCC2)c2ccccc2)cc1)c1ccco1. The lowest BCUT2D eigenvalue weighted by molar-refractivity contribution is -0.131. The number of nitrogens with one attached hydrogen (secondary N) is 2. The van der Waals surface area contributed by atoms with E-state index in [1.54, 1.807) is 24.3 Å². The van der Waals surface area contributed by atoms with Crippen molar-refractivity contribution in [3.8, 4) is 0 Å². The molecule has 6 nitrogen and oxygen atoms in total. The van der Waals surface area contributed by atoms with Crippen molar-refractivity contribution in [2.24, 2.45) is 0 Å². The Morgan fingerprint density at radius 2 is 1.55 bits per heavy atom. The minimum Gasteiger partial charge on any atom is -0.459 e. The van der Waals surface area contributed by atoms with Crippen molar-refractivity contribution >= 4 is 23.2 Å². The van der Waals surface area contributed by atoms with Crippen LogP contribution in [0.4, 0.5) is 11.4 Å². The molecule has 1 aliphatic heterocycles. The van der Waals surface area contributed by atoms with Crippen LogP contribution < -0.4 is 10.6 Å². The smallest absolute Gasteiger partial charge is 0.291 e. The maximum atomic E-state index is 13.1. The number of rotatable bonds is 6. The predicted octanol–water partition coefficient (Wildman–Crippen LogP) is 4.31. The average molecular weight is 389 g/mol. The summed E-state index contributed by atoms with van der Waals surface area (Å²) in [6, 6.07) is 19.9. The monoisotopic (exact) mass is 389 g/mol. The van der Waals surface area contributed by atoms with E-state index >= 15 is 0 Å². The summed E-state index contributed by atoms with van der Waals surface area (Å²) < 4.78 is 5.10. The normalized spacial score (nSPS) is 14.4. The minimum absolute atomic E-state index is 0.0869. The number of amides is 2. The van der Waals surface area contributed by atoms with E-state index in [9.17, 15) is 9.59 Å². The summed E-state index contributed by atoms with van der Waals surface area (Å²) in [5, 5.41) is 6.15. The summed E-state index contributed by atoms with van der Waals surface area (Å²) in [5.74, 6) is 0.0403. The van der Waals surface area contributed by atoms with Crippen LogP contribution in [0.5, 0.6) is 0 Å². The quantitative estimate of drug-likeness (QED) is 0.659. The summed E-state index contributed by atoms with van der Waals surface area (Å²) in [7, 11) is 0. The van der Waals surface area contributed by atoms with E-state index in [1.165, 1.54) is 6.26 Å². The number of nitrogens with zero attached hydrogens (tertiary/aromatic N) is 1. The number of anilines is 2. The van der Waals surface area contributed by atoms with Crippen LogP contribution in [0.15, 0.2) is 77.4 Å². The molecule has 1 atom stereocenters. The second-order valence-corrected chi connectivity index (χ2v) is 7.03. The minimum atomic E-state index is -0.446. The van der Waals surface area contributed by atoms with Gasteiger partial charge in [0.2, 0.25) is 5.91 Å². The van der Waals surface area contributed by atoms with E-state index in [2.05, 4.69) is 10.6 Å². The molecule has 1 saturated heterocycles. The number of hydrogen-bond acceptors (Lipinski definition) is 4. The molecule has 2 heterocycles. The van der Waals surface area contributed by atoms with Crippen LogP contribution >= 0.6 is 0 Å². The molecule has 1 aromatic heterocycles. The third-order valence-corrected chi connectivity index (χ3v) is 5.00. The van der Waals surface area contributed by atoms with E-state index in [0.717, 1.165) is 37.2 Å². The molecule has 6 heteroatoms. The Hall–Kier alpha value is -3.54. The van der Waals surface area contributed by atoms with Crippen LogP contribution in [-0.4, -0.2) is 29.8 Å². The Bertz CT molecular complexity index is 947. The van der Waals surface area contributed by atoms with E-state index in [1.807, 2.05) is 47.4 Å². The van der Waals surface area contributed by atoms with Crippen molar-refractivity contribution in [2.75, 3.05) is 23.7 Å². The summed E-state index contributed by atoms with van der Waals surface area (Å²) in [4.78, 5) is 27.1. The van der Waals surface area contributed by atoms with Crippen LogP contribution in [0, 0.1) is 0 Å². The highest BCUT2D eigenvalue weighted by Crippen LogP contribution is 2.25. The first-order valence-corrected chi connectivity index (χ1v) is 9.76. The second kappa shape index (κ2) is 8.65. The van der Waals surface area contributed by atoms with Crippen LogP contribution in [0.2, 0.25) is 0 Å². The molecule has 29 heavy (non-hydrogen) atoms. The molecule has 0 bridgehead atoms. The van der Waals surface area contributed by atoms with E-state index in [-0.39, 0.29) is 17.6 Å². The summed E-state index contributed by atoms with van der Waals surface area (Å²) in [6.07, 6.45) is 3.57. The van der Waals surface area contributed by atoms with Gasteiger partial charge >= 0.3 is 0 Å². The molecule has 0 saturated carbocycles. The Balaban J connectivity index is 1.48. The van der Waals surface area contributed by atoms with Gasteiger partial charge in [-0.15, -0.1) is 0 Å². The first-order valence-electron chi connectivity index (χ1n) is 9.76. The Labute approximate surface area is 169 Å². The van der Waals surface area contributed by atoms with Gasteiger partial charge in [0, 0.05) is 24.5 Å². The van der Waals surface area contributed by atoms with Gasteiger partial charge in [-0.1, -0.05) is 30.3 Å². The number of furan rings is 1. The molecule has 1 fully saturated rings. The maximum absolute atomic E-state index is 13.1. The zero-order valence-electron chi connectivity index (χ0n) is 16.0. The van der Waals surface area contributed by atoms with Crippen LogP contribution in [-0.2, 0) is 4.79 Å². The van der Waals surface area contributed by atoms with Crippen molar-refractivity contribution in [1.82, 2.24) is 4.90 Å². The van der Waals surface area contributed by atoms with Crippen molar-refractivity contribution < 1.29 is 14.0 Å². The number of hydrogen-bond donors (Lipinski definition) is 2. The fourth-order valence-corrected chi connectivity index (χ4v) is 3.47. The molecule has 2 aromatic carbocycles. The molecular formula is C23H23N3O3. The van der Waals surface area contributed by atoms with E-state index in [0.29, 0.717) is 5.69 Å². The molecule has 0 aliphatic carbocycles. The van der Waals surface area contributed by atoms with Crippen molar-refractivity contribution in [3.63, 3.8) is 0 Å². The van der Waals surface area contributed by atoms with Gasteiger partial charge < -0.3 is 20.0 Å². The van der Waals surface area contributed by atoms with Gasteiger partial charge in [0.15, 0.2) is 5.76 Å². The molecule has 3 aromatic rings. The van der Waals surface area contributed by atoms with Gasteiger partial charge in [-0.25, -0.2) is 0 Å². The van der Waals surface area contributed by atoms with Crippen molar-refractivity contribution in [3.05, 3.63) is 84.3 Å². The zero-order valence-corrected chi connectivity index (χ0v) is 16.0. The highest BCUT2D eigenvalue weighted by molar-refractivity contribution is 6.02. The van der Waals surface area contributed by atoms with Gasteiger partial charge in [0.1, 0.15) is 6.04 Å². The first kappa shape index (κ1) is 18.8. The molecule has 4 rings (SSSR count). The Kier molecular flexibility index (Phi) is 5.61. The fraction of sp³-hybridized carbons (Fsp3) is 0.217. The van der Waals surface area contributed by atoms with Gasteiger partial charge in [-0.05, 0) is 54.8 Å². The van der Waals surface area contributed by atoms with E-state index in [4.69, 9.17) is 4.42 Å². The topological polar surface area (TPSA) is 74.6 Å². The molecule has 0 spiro atoms. The predicted molar refractivity (Wildman–Crippen MR) is 112 cm³/mol. The van der Waals surface area contributed by atoms with Crippen molar-refractivity contribution in [2.45, 2.75) is 18.9 Å². The first-order chi connectivity index (χ1) is 14.2. The highest BCUT2D eigenvalue weighted by atomic mass is 16.3. The molecule has 148 valence electrons. The number of carbonyl (C=O) groups is 2. The number of likely N-dealkylation sites (tertiary alicyclic amines) is 1. The third-order valence-electron chi connectivity index (χ3n) is 5.00. The number of benzene rings is 2.